The average Bonchev–Trinajstić information content (AvgIpc) is 2.73. The molecule has 0 saturated heterocycles. The minimum atomic E-state index is 0.266. The van der Waals surface area contributed by atoms with Crippen LogP contribution >= 0.6 is 11.6 Å². The second-order valence-electron chi connectivity index (χ2n) is 3.84. The molecule has 1 N–H and O–H groups in total. The Morgan fingerprint density at radius 2 is 2.25 bits per heavy atom. The van der Waals surface area contributed by atoms with Gasteiger partial charge in [0.15, 0.2) is 11.5 Å². The summed E-state index contributed by atoms with van der Waals surface area (Å²) in [6.45, 7) is 4.29. The maximum Gasteiger partial charge on any atom is 0.231 e. The molecular weight excluding hydrogens is 226 g/mol. The van der Waals surface area contributed by atoms with Gasteiger partial charge in [0.25, 0.3) is 0 Å². The van der Waals surface area contributed by atoms with Gasteiger partial charge >= 0.3 is 0 Å². The molecule has 0 radical (unpaired) electrons. The number of fused-ring (bicyclic) bond motifs is 1. The summed E-state index contributed by atoms with van der Waals surface area (Å²) in [5, 5.41) is 3.99. The van der Waals surface area contributed by atoms with Gasteiger partial charge in [-0.25, -0.2) is 0 Å². The summed E-state index contributed by atoms with van der Waals surface area (Å²) in [5.74, 6) is 1.42. The van der Waals surface area contributed by atoms with Gasteiger partial charge in [0.05, 0.1) is 5.02 Å². The van der Waals surface area contributed by atoms with E-state index in [2.05, 4.69) is 12.2 Å². The third-order valence-corrected chi connectivity index (χ3v) is 2.80. The molecule has 0 aliphatic carbocycles. The molecule has 1 aromatic rings. The lowest BCUT2D eigenvalue weighted by Gasteiger charge is -2.06. The molecule has 1 heterocycles. The quantitative estimate of drug-likeness (QED) is 0.804. The fourth-order valence-electron chi connectivity index (χ4n) is 1.66. The number of hydrogen-bond acceptors (Lipinski definition) is 3. The Labute approximate surface area is 101 Å². The first-order valence-corrected chi connectivity index (χ1v) is 5.98. The highest BCUT2D eigenvalue weighted by atomic mass is 35.5. The van der Waals surface area contributed by atoms with Crippen LogP contribution in [0.5, 0.6) is 11.5 Å². The second kappa shape index (κ2) is 5.41. The van der Waals surface area contributed by atoms with Crippen molar-refractivity contribution in [2.24, 2.45) is 0 Å². The van der Waals surface area contributed by atoms with E-state index in [4.69, 9.17) is 21.1 Å². The van der Waals surface area contributed by atoms with Gasteiger partial charge in [-0.1, -0.05) is 24.9 Å². The van der Waals surface area contributed by atoms with E-state index in [1.54, 1.807) is 0 Å². The van der Waals surface area contributed by atoms with Gasteiger partial charge in [0.2, 0.25) is 6.79 Å². The predicted molar refractivity (Wildman–Crippen MR) is 64.2 cm³/mol. The molecule has 0 saturated carbocycles. The second-order valence-corrected chi connectivity index (χ2v) is 4.25. The van der Waals surface area contributed by atoms with Gasteiger partial charge in [0.1, 0.15) is 0 Å². The van der Waals surface area contributed by atoms with E-state index in [0.29, 0.717) is 10.8 Å². The fourth-order valence-corrected chi connectivity index (χ4v) is 1.95. The van der Waals surface area contributed by atoms with Crippen LogP contribution in [-0.2, 0) is 6.54 Å². The Morgan fingerprint density at radius 3 is 3.06 bits per heavy atom. The van der Waals surface area contributed by atoms with Crippen molar-refractivity contribution < 1.29 is 9.47 Å². The Hall–Kier alpha value is -0.930. The summed E-state index contributed by atoms with van der Waals surface area (Å²) in [6.07, 6.45) is 2.40. The average molecular weight is 242 g/mol. The SMILES string of the molecule is CCCCNCc1cc(Cl)c2c(c1)OCO2. The Morgan fingerprint density at radius 1 is 1.38 bits per heavy atom. The van der Waals surface area contributed by atoms with E-state index in [0.717, 1.165) is 24.4 Å². The number of unbranched alkanes of at least 4 members (excludes halogenated alkanes) is 1. The van der Waals surface area contributed by atoms with Gasteiger partial charge in [0, 0.05) is 6.54 Å². The Kier molecular flexibility index (Phi) is 3.91. The zero-order valence-corrected chi connectivity index (χ0v) is 10.1. The minimum absolute atomic E-state index is 0.266. The molecule has 1 aliphatic rings. The third kappa shape index (κ3) is 2.60. The lowest BCUT2D eigenvalue weighted by atomic mass is 10.2. The maximum absolute atomic E-state index is 6.08. The largest absolute Gasteiger partial charge is 0.454 e. The first kappa shape index (κ1) is 11.6. The fraction of sp³-hybridized carbons (Fsp3) is 0.500. The van der Waals surface area contributed by atoms with Crippen LogP contribution in [0, 0.1) is 0 Å². The summed E-state index contributed by atoms with van der Waals surface area (Å²) in [4.78, 5) is 0. The monoisotopic (exact) mass is 241 g/mol. The van der Waals surface area contributed by atoms with E-state index in [-0.39, 0.29) is 6.79 Å². The van der Waals surface area contributed by atoms with Crippen LogP contribution in [0.15, 0.2) is 12.1 Å². The number of benzene rings is 1. The molecular formula is C12H16ClNO2. The van der Waals surface area contributed by atoms with Crippen molar-refractivity contribution in [2.75, 3.05) is 13.3 Å². The highest BCUT2D eigenvalue weighted by Crippen LogP contribution is 2.39. The normalized spacial score (nSPS) is 13.1. The Balaban J connectivity index is 1.97. The van der Waals surface area contributed by atoms with Crippen LogP contribution in [0.2, 0.25) is 5.02 Å². The summed E-state index contributed by atoms with van der Waals surface area (Å²) in [6, 6.07) is 3.90. The van der Waals surface area contributed by atoms with E-state index < -0.39 is 0 Å². The highest BCUT2D eigenvalue weighted by Gasteiger charge is 2.17. The van der Waals surface area contributed by atoms with Crippen LogP contribution in [0.25, 0.3) is 0 Å². The molecule has 3 nitrogen and oxygen atoms in total. The standard InChI is InChI=1S/C12H16ClNO2/c1-2-3-4-14-7-9-5-10(13)12-11(6-9)15-8-16-12/h5-6,14H,2-4,7-8H2,1H3. The van der Waals surface area contributed by atoms with E-state index in [9.17, 15) is 0 Å². The molecule has 4 heteroatoms. The predicted octanol–water partition coefficient (Wildman–Crippen LogP) is 2.96. The lowest BCUT2D eigenvalue weighted by Crippen LogP contribution is -2.14. The van der Waals surface area contributed by atoms with Crippen molar-refractivity contribution in [1.82, 2.24) is 5.32 Å². The summed E-state index contributed by atoms with van der Waals surface area (Å²) >= 11 is 6.08. The van der Waals surface area contributed by atoms with Gasteiger partial charge in [-0.2, -0.15) is 0 Å². The van der Waals surface area contributed by atoms with Crippen molar-refractivity contribution in [2.45, 2.75) is 26.3 Å². The molecule has 0 spiro atoms. The molecule has 16 heavy (non-hydrogen) atoms. The Bertz CT molecular complexity index is 368. The number of hydrogen-bond donors (Lipinski definition) is 1. The topological polar surface area (TPSA) is 30.5 Å². The third-order valence-electron chi connectivity index (χ3n) is 2.52. The molecule has 1 aromatic carbocycles. The van der Waals surface area contributed by atoms with Gasteiger partial charge in [-0.15, -0.1) is 0 Å². The zero-order valence-electron chi connectivity index (χ0n) is 9.38. The number of ether oxygens (including phenoxy) is 2. The molecule has 1 aliphatic heterocycles. The zero-order chi connectivity index (χ0) is 11.4. The maximum atomic E-state index is 6.08. The number of rotatable bonds is 5. The van der Waals surface area contributed by atoms with Crippen molar-refractivity contribution in [3.05, 3.63) is 22.7 Å². The highest BCUT2D eigenvalue weighted by molar-refractivity contribution is 6.32. The molecule has 0 atom stereocenters. The van der Waals surface area contributed by atoms with Gasteiger partial charge < -0.3 is 14.8 Å². The number of halogens is 1. The minimum Gasteiger partial charge on any atom is -0.454 e. The summed E-state index contributed by atoms with van der Waals surface area (Å²) in [7, 11) is 0. The van der Waals surface area contributed by atoms with Crippen LogP contribution in [0.4, 0.5) is 0 Å². The van der Waals surface area contributed by atoms with E-state index >= 15 is 0 Å². The van der Waals surface area contributed by atoms with Crippen molar-refractivity contribution in [3.8, 4) is 11.5 Å². The van der Waals surface area contributed by atoms with Gasteiger partial charge in [-0.05, 0) is 30.7 Å². The number of nitrogens with one attached hydrogen (secondary N) is 1. The molecule has 88 valence electrons. The lowest BCUT2D eigenvalue weighted by molar-refractivity contribution is 0.174. The van der Waals surface area contributed by atoms with Crippen molar-refractivity contribution >= 4 is 11.6 Å². The molecule has 0 amide bonds. The first-order valence-electron chi connectivity index (χ1n) is 5.60. The summed E-state index contributed by atoms with van der Waals surface area (Å²) < 4.78 is 10.6. The van der Waals surface area contributed by atoms with Crippen LogP contribution in [0.1, 0.15) is 25.3 Å². The van der Waals surface area contributed by atoms with Crippen LogP contribution in [-0.4, -0.2) is 13.3 Å². The molecule has 0 aromatic heterocycles. The smallest absolute Gasteiger partial charge is 0.231 e. The van der Waals surface area contributed by atoms with Crippen LogP contribution < -0.4 is 14.8 Å². The molecule has 0 bridgehead atoms. The summed E-state index contributed by atoms with van der Waals surface area (Å²) in [5.41, 5.74) is 1.13. The van der Waals surface area contributed by atoms with Crippen molar-refractivity contribution in [3.63, 3.8) is 0 Å². The van der Waals surface area contributed by atoms with E-state index in [1.807, 2.05) is 12.1 Å². The van der Waals surface area contributed by atoms with E-state index in [1.165, 1.54) is 12.8 Å². The molecule has 2 rings (SSSR count). The molecule has 0 unspecified atom stereocenters. The van der Waals surface area contributed by atoms with Crippen LogP contribution in [0.3, 0.4) is 0 Å². The van der Waals surface area contributed by atoms with Crippen molar-refractivity contribution in [1.29, 1.82) is 0 Å². The molecule has 0 fully saturated rings. The first-order chi connectivity index (χ1) is 7.81. The van der Waals surface area contributed by atoms with Gasteiger partial charge in [-0.3, -0.25) is 0 Å².